The number of nitrogens with one attached hydrogen (secondary N) is 7. The summed E-state index contributed by atoms with van der Waals surface area (Å²) in [5, 5.41) is 41.5. The number of H-pyrrole nitrogens is 2. The summed E-state index contributed by atoms with van der Waals surface area (Å²) in [5.41, 5.74) is 7.14. The highest BCUT2D eigenvalue weighted by Crippen LogP contribution is 2.39. The Morgan fingerprint density at radius 3 is 1.83 bits per heavy atom. The van der Waals surface area contributed by atoms with Gasteiger partial charge in [0.25, 0.3) is 34.3 Å². The summed E-state index contributed by atoms with van der Waals surface area (Å²) < 4.78 is 0.840. The number of aryl methyl sites for hydroxylation is 4. The van der Waals surface area contributed by atoms with E-state index in [2.05, 4.69) is 41.5 Å². The number of amides is 3. The number of halogens is 4. The molecule has 0 radical (unpaired) electrons. The third-order valence-corrected chi connectivity index (χ3v) is 16.7. The molecule has 2 atom stereocenters. The number of para-hydroxylation sites is 2. The normalized spacial score (nSPS) is 14.7. The van der Waals surface area contributed by atoms with Crippen LogP contribution in [0, 0.1) is 47.9 Å². The summed E-state index contributed by atoms with van der Waals surface area (Å²) in [4.78, 5) is 90.1. The van der Waals surface area contributed by atoms with Crippen molar-refractivity contribution in [2.45, 2.75) is 72.8 Å². The fraction of sp³-hybridized carbons (Fsp3) is 0.190. The number of fused-ring (bicyclic) bond motifs is 6. The summed E-state index contributed by atoms with van der Waals surface area (Å²) in [7, 11) is 0. The van der Waals surface area contributed by atoms with Crippen LogP contribution in [0.2, 0.25) is 20.1 Å². The Labute approximate surface area is 502 Å². The lowest BCUT2D eigenvalue weighted by atomic mass is 9.78. The van der Waals surface area contributed by atoms with Crippen molar-refractivity contribution in [3.8, 4) is 0 Å². The maximum atomic E-state index is 12.5. The summed E-state index contributed by atoms with van der Waals surface area (Å²) in [6.45, 7) is 15.0. The first-order chi connectivity index (χ1) is 39.2. The number of hydrogen-bond acceptors (Lipinski definition) is 13. The van der Waals surface area contributed by atoms with E-state index < -0.39 is 27.1 Å². The lowest BCUT2D eigenvalue weighted by Gasteiger charge is -2.30. The molecule has 2 aliphatic rings. The summed E-state index contributed by atoms with van der Waals surface area (Å²) >= 11 is 31.4. The minimum atomic E-state index is -0.863. The number of thiazole rings is 1. The van der Waals surface area contributed by atoms with Crippen LogP contribution in [0.15, 0.2) is 113 Å². The molecule has 5 heterocycles. The number of aromatic nitrogens is 3. The van der Waals surface area contributed by atoms with Gasteiger partial charge in [-0.15, -0.1) is 0 Å². The van der Waals surface area contributed by atoms with E-state index in [-0.39, 0.29) is 45.9 Å². The number of nitrogens with zero attached hydrogens (tertiary/aromatic N) is 3. The summed E-state index contributed by atoms with van der Waals surface area (Å²) in [5.74, 6) is -1.05. The summed E-state index contributed by atoms with van der Waals surface area (Å²) in [6.07, 6.45) is 0. The number of pyridine rings is 2. The number of aromatic amines is 2. The second kappa shape index (κ2) is 24.6. The van der Waals surface area contributed by atoms with Crippen molar-refractivity contribution in [2.75, 3.05) is 16.0 Å². The van der Waals surface area contributed by atoms with E-state index in [1.807, 2.05) is 65.8 Å². The van der Waals surface area contributed by atoms with Crippen molar-refractivity contribution in [3.05, 3.63) is 209 Å². The maximum Gasteiger partial charge on any atom is 0.270 e. The van der Waals surface area contributed by atoms with Gasteiger partial charge in [0.05, 0.1) is 67.9 Å². The molecule has 3 amide bonds. The van der Waals surface area contributed by atoms with Crippen LogP contribution in [0.4, 0.5) is 33.6 Å². The highest BCUT2D eigenvalue weighted by molar-refractivity contribution is 7.80. The zero-order valence-electron chi connectivity index (χ0n) is 45.3. The molecule has 83 heavy (non-hydrogen) atoms. The average Bonchev–Trinajstić information content (AvgIpc) is 3.40. The van der Waals surface area contributed by atoms with Crippen LogP contribution in [0.3, 0.4) is 0 Å². The van der Waals surface area contributed by atoms with Crippen molar-refractivity contribution in [1.29, 1.82) is 0 Å². The Bertz CT molecular complexity index is 4280. The van der Waals surface area contributed by atoms with Crippen molar-refractivity contribution >= 4 is 158 Å². The maximum absolute atomic E-state index is 12.5. The molecule has 0 aliphatic carbocycles. The predicted molar refractivity (Wildman–Crippen MR) is 334 cm³/mol. The second-order valence-electron chi connectivity index (χ2n) is 19.9. The number of nitro groups is 2. The first kappa shape index (κ1) is 60.8. The molecule has 426 valence electrons. The van der Waals surface area contributed by atoms with Gasteiger partial charge in [0.2, 0.25) is 5.91 Å². The third-order valence-electron chi connectivity index (χ3n) is 14.3. The Kier molecular flexibility index (Phi) is 18.0. The van der Waals surface area contributed by atoms with Gasteiger partial charge in [-0.2, -0.15) is 0 Å². The number of benzene rings is 6. The number of hydrogen-bond donors (Lipinski definition) is 7. The molecule has 9 aromatic rings. The van der Waals surface area contributed by atoms with E-state index in [0.29, 0.717) is 69.3 Å². The van der Waals surface area contributed by atoms with Crippen LogP contribution < -0.4 is 37.7 Å². The number of thiocarbonyl (C=S) groups is 1. The Morgan fingerprint density at radius 2 is 1.22 bits per heavy atom. The van der Waals surface area contributed by atoms with Crippen LogP contribution in [0.25, 0.3) is 31.8 Å². The molecule has 2 unspecified atom stereocenters. The number of nitro benzene ring substituents is 2. The van der Waals surface area contributed by atoms with Crippen molar-refractivity contribution < 1.29 is 24.2 Å². The van der Waals surface area contributed by atoms with Crippen LogP contribution in [-0.2, 0) is 10.2 Å². The fourth-order valence-corrected chi connectivity index (χ4v) is 11.4. The zero-order valence-corrected chi connectivity index (χ0v) is 50.0. The van der Waals surface area contributed by atoms with E-state index in [1.54, 1.807) is 62.4 Å². The van der Waals surface area contributed by atoms with Gasteiger partial charge in [-0.3, -0.25) is 49.5 Å². The average molecular weight is 1240 g/mol. The first-order valence-corrected chi connectivity index (χ1v) is 27.9. The van der Waals surface area contributed by atoms with E-state index in [4.69, 9.17) is 58.6 Å². The topological polar surface area (TPSA) is 276 Å². The van der Waals surface area contributed by atoms with Crippen LogP contribution >= 0.6 is 70.0 Å². The fourth-order valence-electron chi connectivity index (χ4n) is 9.16. The Morgan fingerprint density at radius 1 is 0.663 bits per heavy atom. The molecule has 0 bridgehead atoms. The molecule has 0 spiro atoms. The molecule has 19 nitrogen and oxygen atoms in total. The molecule has 6 aromatic carbocycles. The first-order valence-electron chi connectivity index (χ1n) is 25.2. The van der Waals surface area contributed by atoms with Crippen LogP contribution in [0.5, 0.6) is 0 Å². The van der Waals surface area contributed by atoms with E-state index in [1.165, 1.54) is 41.7 Å². The van der Waals surface area contributed by atoms with Crippen molar-refractivity contribution in [1.82, 2.24) is 25.6 Å². The van der Waals surface area contributed by atoms with E-state index >= 15 is 0 Å². The van der Waals surface area contributed by atoms with E-state index in [0.717, 1.165) is 49.1 Å². The number of non-ortho nitro benzene ring substituents is 2. The molecule has 7 N–H and O–H groups in total. The van der Waals surface area contributed by atoms with Crippen LogP contribution in [0.1, 0.15) is 88.0 Å². The smallest absolute Gasteiger partial charge is 0.270 e. The SMILES string of the molecule is CC1(C)C(=O)NC(=O)c2cc([N+](=O)[O-])ccc21.CC1NC(=O)c2cc([N+](=O)[O-])ccc2C1C.Cc1[nH]c(=O)c2c(ccc3nc(Nc4c(Cl)cccc4Cl)sc32)c1C.Cc1[nH]c(=O)c2cc(NC(=S)Nc3c(Cl)cccc3Cl)ccc2c1C. The number of anilines is 4. The molecule has 0 fully saturated rings. The van der Waals surface area contributed by atoms with Crippen molar-refractivity contribution in [2.24, 2.45) is 0 Å². The van der Waals surface area contributed by atoms with E-state index in [9.17, 15) is 44.2 Å². The number of imide groups is 1. The number of carbonyl (C=O) groups excluding carboxylic acids is 3. The molecule has 11 rings (SSSR count). The standard InChI is InChI=1S/C18H13Cl2N3OS.C18H15Cl2N3OS.C11H10N2O4.C11H12N2O3/c1-8-9(2)21-17(24)14-10(8)6-7-13-16(14)25-18(22-13)23-15-11(19)4-3-5-12(15)20;1-9-10(2)21-17(24)13-8-11(6-7-12(9)13)22-18(25)23-16-14(19)4-3-5-15(16)20;1-11(2)8-4-3-6(13(16)17)5-7(8)9(14)12-10(11)15;1-6-7(2)12-11(14)10-5-8(13(15)16)3-4-9(6)10/h3-7H,1-2H3,(H,21,24)(H,22,23);3-8H,1-2H3,(H,21,24)(H2,22,23,25);3-5H,1-2H3,(H,12,14,15);3-7H,1-2H3,(H,12,14). The van der Waals surface area contributed by atoms with Gasteiger partial charge in [0, 0.05) is 64.3 Å². The van der Waals surface area contributed by atoms with Gasteiger partial charge in [-0.05, 0) is 136 Å². The van der Waals surface area contributed by atoms with Gasteiger partial charge in [-0.1, -0.05) is 101 Å². The highest BCUT2D eigenvalue weighted by Gasteiger charge is 2.40. The van der Waals surface area contributed by atoms with Crippen molar-refractivity contribution in [3.63, 3.8) is 0 Å². The monoisotopic (exact) mass is 1230 g/mol. The molecule has 0 saturated carbocycles. The second-order valence-corrected chi connectivity index (χ2v) is 22.9. The van der Waals surface area contributed by atoms with Gasteiger partial charge < -0.3 is 31.2 Å². The molecular weight excluding hydrogens is 1190 g/mol. The van der Waals surface area contributed by atoms with Crippen LogP contribution in [-0.4, -0.2) is 53.7 Å². The minimum Gasteiger partial charge on any atom is -0.349 e. The Balaban J connectivity index is 0.000000147. The highest BCUT2D eigenvalue weighted by atomic mass is 35.5. The minimum absolute atomic E-state index is 0.0457. The largest absolute Gasteiger partial charge is 0.349 e. The molecule has 2 aliphatic heterocycles. The quantitative estimate of drug-likeness (QED) is 0.0353. The molecular formula is C58H50Cl4N10O9S2. The molecule has 0 saturated heterocycles. The third kappa shape index (κ3) is 12.8. The Hall–Kier alpha value is -8.31. The van der Waals surface area contributed by atoms with Gasteiger partial charge >= 0.3 is 0 Å². The lowest BCUT2D eigenvalue weighted by Crippen LogP contribution is -2.48. The molecule has 3 aromatic heterocycles. The van der Waals surface area contributed by atoms with Gasteiger partial charge in [0.1, 0.15) is 0 Å². The zero-order chi connectivity index (χ0) is 60.5. The predicted octanol–water partition coefficient (Wildman–Crippen LogP) is 14.0. The number of rotatable bonds is 6. The van der Waals surface area contributed by atoms with Gasteiger partial charge in [0.15, 0.2) is 10.2 Å². The molecule has 25 heteroatoms. The van der Waals surface area contributed by atoms with Gasteiger partial charge in [-0.25, -0.2) is 4.98 Å². The lowest BCUT2D eigenvalue weighted by molar-refractivity contribution is -0.385. The summed E-state index contributed by atoms with van der Waals surface area (Å²) in [6, 6.07) is 28.4. The number of carbonyl (C=O) groups is 3.